The summed E-state index contributed by atoms with van der Waals surface area (Å²) in [5.41, 5.74) is 1.15. The van der Waals surface area contributed by atoms with Crippen molar-refractivity contribution in [1.82, 2.24) is 24.9 Å². The van der Waals surface area contributed by atoms with E-state index in [1.165, 1.54) is 23.0 Å². The number of fused-ring (bicyclic) bond motifs is 1. The van der Waals surface area contributed by atoms with Crippen LogP contribution < -0.4 is 10.2 Å². The first-order valence-electron chi connectivity index (χ1n) is 7.95. The summed E-state index contributed by atoms with van der Waals surface area (Å²) >= 11 is 0. The molecule has 136 valence electrons. The third kappa shape index (κ3) is 2.87. The molecule has 0 radical (unpaired) electrons. The van der Waals surface area contributed by atoms with Gasteiger partial charge in [-0.2, -0.15) is 19.6 Å². The second-order valence-corrected chi connectivity index (χ2v) is 7.42. The summed E-state index contributed by atoms with van der Waals surface area (Å²) in [6.07, 6.45) is 3.88. The Balaban J connectivity index is 1.85. The van der Waals surface area contributed by atoms with Crippen molar-refractivity contribution < 1.29 is 18.2 Å². The Bertz CT molecular complexity index is 987. The predicted molar refractivity (Wildman–Crippen MR) is 90.6 cm³/mol. The van der Waals surface area contributed by atoms with E-state index >= 15 is 0 Å². The van der Waals surface area contributed by atoms with Crippen molar-refractivity contribution in [1.29, 1.82) is 0 Å². The van der Waals surface area contributed by atoms with Crippen molar-refractivity contribution >= 4 is 40.3 Å². The van der Waals surface area contributed by atoms with E-state index in [9.17, 15) is 18.2 Å². The van der Waals surface area contributed by atoms with Gasteiger partial charge >= 0.3 is 0 Å². The van der Waals surface area contributed by atoms with Crippen LogP contribution in [0, 0.1) is 0 Å². The van der Waals surface area contributed by atoms with Crippen LogP contribution in [0.3, 0.4) is 0 Å². The van der Waals surface area contributed by atoms with E-state index in [1.54, 1.807) is 4.90 Å². The molecule has 4 heterocycles. The van der Waals surface area contributed by atoms with E-state index in [-0.39, 0.29) is 24.0 Å². The number of imide groups is 1. The minimum Gasteiger partial charge on any atom is -0.338 e. The van der Waals surface area contributed by atoms with Crippen molar-refractivity contribution in [3.63, 3.8) is 0 Å². The molecule has 1 N–H and O–H groups in total. The Kier molecular flexibility index (Phi) is 4.02. The zero-order chi connectivity index (χ0) is 18.4. The van der Waals surface area contributed by atoms with Crippen LogP contribution in [0.25, 0.3) is 11.7 Å². The van der Waals surface area contributed by atoms with Gasteiger partial charge in [-0.05, 0) is 12.5 Å². The summed E-state index contributed by atoms with van der Waals surface area (Å²) in [5, 5.41) is 6.55. The maximum atomic E-state index is 13.6. The normalized spacial score (nSPS) is 23.2. The number of halogens is 1. The van der Waals surface area contributed by atoms with Gasteiger partial charge in [0.2, 0.25) is 17.0 Å². The number of carbonyl (C=O) groups excluding carboxylic acids is 2. The van der Waals surface area contributed by atoms with Gasteiger partial charge in [-0.25, -0.2) is 4.39 Å². The molecule has 2 aromatic heterocycles. The third-order valence-electron chi connectivity index (χ3n) is 4.25. The number of nitrogens with one attached hydrogen (secondary N) is 1. The van der Waals surface area contributed by atoms with Crippen LogP contribution in [-0.4, -0.2) is 61.1 Å². The van der Waals surface area contributed by atoms with Gasteiger partial charge < -0.3 is 4.90 Å². The molecular formula is C15H15FN6O3S. The van der Waals surface area contributed by atoms with Crippen LogP contribution in [0.2, 0.25) is 0 Å². The highest BCUT2D eigenvalue weighted by Gasteiger charge is 2.28. The fraction of sp³-hybridized carbons (Fsp3) is 0.400. The summed E-state index contributed by atoms with van der Waals surface area (Å²) in [5.74, 6) is -0.464. The summed E-state index contributed by atoms with van der Waals surface area (Å²) in [6.45, 7) is 0.644. The van der Waals surface area contributed by atoms with Crippen molar-refractivity contribution in [3.05, 3.63) is 17.3 Å². The van der Waals surface area contributed by atoms with Gasteiger partial charge in [0.15, 0.2) is 5.65 Å². The molecule has 0 aliphatic carbocycles. The molecule has 9 nitrogen and oxygen atoms in total. The van der Waals surface area contributed by atoms with Gasteiger partial charge in [0.25, 0.3) is 5.91 Å². The summed E-state index contributed by atoms with van der Waals surface area (Å²) in [4.78, 5) is 33.4. The van der Waals surface area contributed by atoms with Crippen LogP contribution in [0.15, 0.2) is 16.9 Å². The number of anilines is 1. The van der Waals surface area contributed by atoms with Gasteiger partial charge in [-0.3, -0.25) is 19.1 Å². The fourth-order valence-electron chi connectivity index (χ4n) is 3.00. The smallest absolute Gasteiger partial charge is 0.254 e. The van der Waals surface area contributed by atoms with Crippen LogP contribution in [0.5, 0.6) is 0 Å². The van der Waals surface area contributed by atoms with Crippen LogP contribution in [-0.2, 0) is 20.4 Å². The fourth-order valence-corrected chi connectivity index (χ4v) is 3.43. The lowest BCUT2D eigenvalue weighted by Crippen LogP contribution is -2.25. The highest BCUT2D eigenvalue weighted by molar-refractivity contribution is 7.84. The van der Waals surface area contributed by atoms with E-state index in [4.69, 9.17) is 0 Å². The number of rotatable bonds is 3. The Labute approximate surface area is 149 Å². The lowest BCUT2D eigenvalue weighted by Gasteiger charge is -2.17. The quantitative estimate of drug-likeness (QED) is 0.584. The topological polar surface area (TPSA) is 110 Å². The summed E-state index contributed by atoms with van der Waals surface area (Å²) in [6, 6.07) is 0. The maximum absolute atomic E-state index is 13.6. The predicted octanol–water partition coefficient (Wildman–Crippen LogP) is -0.160. The van der Waals surface area contributed by atoms with Crippen LogP contribution >= 0.6 is 0 Å². The Morgan fingerprint density at radius 2 is 2.19 bits per heavy atom. The van der Waals surface area contributed by atoms with Gasteiger partial charge in [-0.1, -0.05) is 0 Å². The lowest BCUT2D eigenvalue weighted by atomic mass is 10.1. The van der Waals surface area contributed by atoms with Crippen molar-refractivity contribution in [2.75, 3.05) is 24.2 Å². The largest absolute Gasteiger partial charge is 0.338 e. The molecule has 11 heteroatoms. The molecule has 2 unspecified atom stereocenters. The third-order valence-corrected chi connectivity index (χ3v) is 4.95. The van der Waals surface area contributed by atoms with E-state index in [2.05, 4.69) is 20.4 Å². The average Bonchev–Trinajstić information content (AvgIpc) is 3.27. The maximum Gasteiger partial charge on any atom is 0.254 e. The molecule has 2 aromatic rings. The van der Waals surface area contributed by atoms with Gasteiger partial charge in [0.1, 0.15) is 6.17 Å². The summed E-state index contributed by atoms with van der Waals surface area (Å²) in [7, 11) is -1.45. The average molecular weight is 378 g/mol. The molecule has 2 amide bonds. The first kappa shape index (κ1) is 16.8. The van der Waals surface area contributed by atoms with Crippen LogP contribution in [0.4, 0.5) is 10.3 Å². The van der Waals surface area contributed by atoms with E-state index in [1.807, 2.05) is 0 Å². The molecule has 2 fully saturated rings. The van der Waals surface area contributed by atoms with Crippen molar-refractivity contribution in [2.24, 2.45) is 0 Å². The van der Waals surface area contributed by atoms with Crippen molar-refractivity contribution in [2.45, 2.75) is 24.2 Å². The van der Waals surface area contributed by atoms with Gasteiger partial charge in [-0.15, -0.1) is 0 Å². The minimum atomic E-state index is -1.45. The Morgan fingerprint density at radius 3 is 2.81 bits per heavy atom. The second-order valence-electron chi connectivity index (χ2n) is 6.15. The molecule has 0 spiro atoms. The number of amides is 2. The number of aromatic nitrogens is 4. The number of alkyl halides is 1. The summed E-state index contributed by atoms with van der Waals surface area (Å²) < 4.78 is 27.0. The number of hydrogen-bond acceptors (Lipinski definition) is 7. The molecule has 0 bridgehead atoms. The highest BCUT2D eigenvalue weighted by Crippen LogP contribution is 2.24. The SMILES string of the molecule is CS(=O)c1nc(N2CCC(F)C2)n2ncc(/C=C3\CC(=O)NC3=O)c2n1. The first-order chi connectivity index (χ1) is 12.4. The van der Waals surface area contributed by atoms with Gasteiger partial charge in [0.05, 0.1) is 30.0 Å². The zero-order valence-corrected chi connectivity index (χ0v) is 14.6. The molecule has 2 aliphatic heterocycles. The molecule has 0 saturated carbocycles. The monoisotopic (exact) mass is 378 g/mol. The highest BCUT2D eigenvalue weighted by atomic mass is 32.2. The zero-order valence-electron chi connectivity index (χ0n) is 13.8. The first-order valence-corrected chi connectivity index (χ1v) is 9.51. The molecule has 2 saturated heterocycles. The van der Waals surface area contributed by atoms with Crippen molar-refractivity contribution in [3.8, 4) is 0 Å². The molecule has 0 aromatic carbocycles. The standard InChI is InChI=1S/C15H15FN6O3S/c1-26(25)14-19-12-9(4-8-5-11(23)18-13(8)24)6-17-22(12)15(20-14)21-3-2-10(16)7-21/h4,6,10H,2-3,5,7H2,1H3,(H,18,23,24)/b8-4+. The van der Waals surface area contributed by atoms with E-state index < -0.39 is 22.9 Å². The number of hydrogen-bond donors (Lipinski definition) is 1. The van der Waals surface area contributed by atoms with Crippen LogP contribution in [0.1, 0.15) is 18.4 Å². The minimum absolute atomic E-state index is 0.0175. The molecule has 4 rings (SSSR count). The molecule has 2 atom stereocenters. The molecule has 26 heavy (non-hydrogen) atoms. The van der Waals surface area contributed by atoms with Gasteiger partial charge in [0, 0.05) is 23.9 Å². The number of carbonyl (C=O) groups is 2. The Morgan fingerprint density at radius 1 is 1.38 bits per heavy atom. The van der Waals surface area contributed by atoms with E-state index in [0.717, 1.165) is 0 Å². The Hall–Kier alpha value is -2.69. The lowest BCUT2D eigenvalue weighted by molar-refractivity contribution is -0.124. The second kappa shape index (κ2) is 6.24. The van der Waals surface area contributed by atoms with E-state index in [0.29, 0.717) is 35.7 Å². The molecule has 2 aliphatic rings. The number of nitrogens with zero attached hydrogens (tertiary/aromatic N) is 5. The molecular weight excluding hydrogens is 363 g/mol.